The number of esters is 1. The highest BCUT2D eigenvalue weighted by molar-refractivity contribution is 7.19. The fraction of sp³-hybridized carbons (Fsp3) is 0.421. The SMILES string of the molecule is C[C@@H](OC(=O)/C=C/c1nc2ccccc2s1)C(=O)N1CCCCCC1. The van der Waals surface area contributed by atoms with Crippen molar-refractivity contribution in [2.75, 3.05) is 13.1 Å². The Balaban J connectivity index is 1.56. The summed E-state index contributed by atoms with van der Waals surface area (Å²) >= 11 is 1.51. The molecule has 1 aromatic heterocycles. The number of rotatable bonds is 4. The molecule has 6 heteroatoms. The van der Waals surface area contributed by atoms with E-state index in [2.05, 4.69) is 4.98 Å². The molecule has 3 rings (SSSR count). The summed E-state index contributed by atoms with van der Waals surface area (Å²) in [6.45, 7) is 3.14. The summed E-state index contributed by atoms with van der Waals surface area (Å²) in [5.41, 5.74) is 0.908. The van der Waals surface area contributed by atoms with Crippen molar-refractivity contribution in [2.45, 2.75) is 38.7 Å². The van der Waals surface area contributed by atoms with Crippen LogP contribution in [0.3, 0.4) is 0 Å². The van der Waals surface area contributed by atoms with Crippen molar-refractivity contribution < 1.29 is 14.3 Å². The summed E-state index contributed by atoms with van der Waals surface area (Å²) < 4.78 is 6.33. The zero-order valence-corrected chi connectivity index (χ0v) is 15.1. The van der Waals surface area contributed by atoms with Crippen LogP contribution in [0.5, 0.6) is 0 Å². The minimum atomic E-state index is -0.759. The van der Waals surface area contributed by atoms with Gasteiger partial charge in [-0.2, -0.15) is 0 Å². The third-order valence-electron chi connectivity index (χ3n) is 4.23. The van der Waals surface area contributed by atoms with E-state index in [-0.39, 0.29) is 5.91 Å². The van der Waals surface area contributed by atoms with Gasteiger partial charge in [0.25, 0.3) is 5.91 Å². The number of carbonyl (C=O) groups excluding carboxylic acids is 2. The van der Waals surface area contributed by atoms with Crippen molar-refractivity contribution in [1.29, 1.82) is 0 Å². The topological polar surface area (TPSA) is 59.5 Å². The van der Waals surface area contributed by atoms with Crippen LogP contribution in [0.4, 0.5) is 0 Å². The number of aromatic nitrogens is 1. The van der Waals surface area contributed by atoms with Gasteiger partial charge >= 0.3 is 5.97 Å². The van der Waals surface area contributed by atoms with Gasteiger partial charge in [0.05, 0.1) is 10.2 Å². The Bertz CT molecular complexity index is 743. The van der Waals surface area contributed by atoms with E-state index in [0.717, 1.165) is 54.0 Å². The minimum Gasteiger partial charge on any atom is -0.449 e. The summed E-state index contributed by atoms with van der Waals surface area (Å²) in [4.78, 5) is 30.6. The molecule has 0 saturated carbocycles. The Morgan fingerprint density at radius 1 is 1.20 bits per heavy atom. The van der Waals surface area contributed by atoms with Crippen molar-refractivity contribution >= 4 is 39.5 Å². The van der Waals surface area contributed by atoms with E-state index in [4.69, 9.17) is 4.74 Å². The molecular formula is C19H22N2O3S. The summed E-state index contributed by atoms with van der Waals surface area (Å²) in [7, 11) is 0. The van der Waals surface area contributed by atoms with E-state index in [0.29, 0.717) is 0 Å². The average molecular weight is 358 g/mol. The van der Waals surface area contributed by atoms with Gasteiger partial charge in [0, 0.05) is 19.2 Å². The number of nitrogens with zero attached hydrogens (tertiary/aromatic N) is 2. The molecule has 5 nitrogen and oxygen atoms in total. The number of para-hydroxylation sites is 1. The van der Waals surface area contributed by atoms with Crippen LogP contribution in [0.15, 0.2) is 30.3 Å². The molecule has 0 aliphatic carbocycles. The van der Waals surface area contributed by atoms with Gasteiger partial charge in [-0.3, -0.25) is 4.79 Å². The fourth-order valence-electron chi connectivity index (χ4n) is 2.91. The second-order valence-corrected chi connectivity index (χ2v) is 7.23. The molecule has 2 heterocycles. The number of likely N-dealkylation sites (tertiary alicyclic amines) is 1. The van der Waals surface area contributed by atoms with Gasteiger partial charge in [-0.1, -0.05) is 25.0 Å². The lowest BCUT2D eigenvalue weighted by Crippen LogP contribution is -2.40. The molecule has 1 aliphatic heterocycles. The maximum absolute atomic E-state index is 12.4. The first-order valence-corrected chi connectivity index (χ1v) is 9.48. The monoisotopic (exact) mass is 358 g/mol. The molecule has 1 atom stereocenters. The first-order chi connectivity index (χ1) is 12.1. The first kappa shape index (κ1) is 17.6. The molecule has 25 heavy (non-hydrogen) atoms. The molecule has 1 aliphatic rings. The molecule has 0 radical (unpaired) electrons. The number of thiazole rings is 1. The van der Waals surface area contributed by atoms with Gasteiger partial charge in [-0.15, -0.1) is 11.3 Å². The number of carbonyl (C=O) groups is 2. The molecule has 2 aromatic rings. The molecule has 0 bridgehead atoms. The van der Waals surface area contributed by atoms with E-state index >= 15 is 0 Å². The highest BCUT2D eigenvalue weighted by Gasteiger charge is 2.23. The maximum atomic E-state index is 12.4. The Kier molecular flexibility index (Phi) is 5.81. The van der Waals surface area contributed by atoms with Crippen LogP contribution in [-0.2, 0) is 14.3 Å². The van der Waals surface area contributed by atoms with E-state index in [1.54, 1.807) is 13.0 Å². The molecule has 132 valence electrons. The summed E-state index contributed by atoms with van der Waals surface area (Å²) in [5.74, 6) is -0.626. The third-order valence-corrected chi connectivity index (χ3v) is 5.23. The van der Waals surface area contributed by atoms with Crippen LogP contribution in [0.25, 0.3) is 16.3 Å². The quantitative estimate of drug-likeness (QED) is 0.618. The number of fused-ring (bicyclic) bond motifs is 1. The number of ether oxygens (including phenoxy) is 1. The minimum absolute atomic E-state index is 0.108. The number of benzene rings is 1. The molecule has 1 saturated heterocycles. The van der Waals surface area contributed by atoms with Crippen molar-refractivity contribution in [2.24, 2.45) is 0 Å². The largest absolute Gasteiger partial charge is 0.449 e. The zero-order valence-electron chi connectivity index (χ0n) is 14.3. The lowest BCUT2D eigenvalue weighted by atomic mass is 10.2. The van der Waals surface area contributed by atoms with E-state index in [9.17, 15) is 9.59 Å². The zero-order chi connectivity index (χ0) is 17.6. The molecule has 1 amide bonds. The van der Waals surface area contributed by atoms with Crippen LogP contribution in [0, 0.1) is 0 Å². The predicted molar refractivity (Wildman–Crippen MR) is 99.3 cm³/mol. The van der Waals surface area contributed by atoms with Crippen LogP contribution < -0.4 is 0 Å². The lowest BCUT2D eigenvalue weighted by molar-refractivity contribution is -0.155. The maximum Gasteiger partial charge on any atom is 0.331 e. The van der Waals surface area contributed by atoms with Crippen molar-refractivity contribution in [3.05, 3.63) is 35.3 Å². The van der Waals surface area contributed by atoms with Gasteiger partial charge in [0.1, 0.15) is 5.01 Å². The molecule has 0 unspecified atom stereocenters. The third kappa shape index (κ3) is 4.66. The number of hydrogen-bond acceptors (Lipinski definition) is 5. The second kappa shape index (κ2) is 8.25. The van der Waals surface area contributed by atoms with Crippen LogP contribution in [-0.4, -0.2) is 41.0 Å². The van der Waals surface area contributed by atoms with E-state index < -0.39 is 12.1 Å². The lowest BCUT2D eigenvalue weighted by Gasteiger charge is -2.23. The Hall–Kier alpha value is -2.21. The molecule has 0 N–H and O–H groups in total. The Labute approximate surface area is 151 Å². The first-order valence-electron chi connectivity index (χ1n) is 8.66. The summed E-state index contributed by atoms with van der Waals surface area (Å²) in [5, 5.41) is 0.740. The summed E-state index contributed by atoms with van der Waals surface area (Å²) in [6.07, 6.45) is 6.56. The normalized spacial score (nSPS) is 16.8. The van der Waals surface area contributed by atoms with Gasteiger partial charge in [0.15, 0.2) is 6.10 Å². The van der Waals surface area contributed by atoms with Crippen LogP contribution in [0.1, 0.15) is 37.6 Å². The Morgan fingerprint density at radius 2 is 1.92 bits per heavy atom. The molecular weight excluding hydrogens is 336 g/mol. The Morgan fingerprint density at radius 3 is 2.64 bits per heavy atom. The van der Waals surface area contributed by atoms with Crippen molar-refractivity contribution in [3.8, 4) is 0 Å². The number of amides is 1. The van der Waals surface area contributed by atoms with Crippen molar-refractivity contribution in [3.63, 3.8) is 0 Å². The highest BCUT2D eigenvalue weighted by atomic mass is 32.1. The average Bonchev–Trinajstić information content (AvgIpc) is 2.83. The summed E-state index contributed by atoms with van der Waals surface area (Å²) in [6, 6.07) is 7.81. The molecule has 0 spiro atoms. The van der Waals surface area contributed by atoms with Crippen LogP contribution in [0.2, 0.25) is 0 Å². The van der Waals surface area contributed by atoms with Gasteiger partial charge in [-0.25, -0.2) is 9.78 Å². The predicted octanol–water partition coefficient (Wildman–Crippen LogP) is 3.64. The van der Waals surface area contributed by atoms with Gasteiger partial charge < -0.3 is 9.64 Å². The van der Waals surface area contributed by atoms with Crippen LogP contribution >= 0.6 is 11.3 Å². The second-order valence-electron chi connectivity index (χ2n) is 6.17. The van der Waals surface area contributed by atoms with Gasteiger partial charge in [0.2, 0.25) is 0 Å². The van der Waals surface area contributed by atoms with E-state index in [1.807, 2.05) is 29.2 Å². The highest BCUT2D eigenvalue weighted by Crippen LogP contribution is 2.22. The smallest absolute Gasteiger partial charge is 0.331 e. The standard InChI is InChI=1S/C19H22N2O3S/c1-14(19(23)21-12-6-2-3-7-13-21)24-18(22)11-10-17-20-15-8-4-5-9-16(15)25-17/h4-5,8-11,14H,2-3,6-7,12-13H2,1H3/b11-10+/t14-/m1/s1. The van der Waals surface area contributed by atoms with E-state index in [1.165, 1.54) is 17.4 Å². The molecule has 1 fully saturated rings. The van der Waals surface area contributed by atoms with Gasteiger partial charge in [-0.05, 0) is 38.0 Å². The fourth-order valence-corrected chi connectivity index (χ4v) is 3.78. The number of hydrogen-bond donors (Lipinski definition) is 0. The molecule has 1 aromatic carbocycles. The van der Waals surface area contributed by atoms with Crippen molar-refractivity contribution in [1.82, 2.24) is 9.88 Å².